The first-order valence-corrected chi connectivity index (χ1v) is 9.86. The molecule has 7 nitrogen and oxygen atoms in total. The molecular weight excluding hydrogens is 356 g/mol. The van der Waals surface area contributed by atoms with Crippen molar-refractivity contribution < 1.29 is 22.3 Å². The molecule has 0 spiro atoms. The third-order valence-corrected chi connectivity index (χ3v) is 3.23. The van der Waals surface area contributed by atoms with Crippen LogP contribution in [0.25, 0.3) is 0 Å². The summed E-state index contributed by atoms with van der Waals surface area (Å²) < 4.78 is 37.2. The minimum Gasteiger partial charge on any atom is -0.490 e. The summed E-state index contributed by atoms with van der Waals surface area (Å²) in [7, 11) is -4.67. The van der Waals surface area contributed by atoms with Gasteiger partial charge in [0.2, 0.25) is 0 Å². The largest absolute Gasteiger partial charge is 0.490 e. The Labute approximate surface area is 158 Å². The van der Waals surface area contributed by atoms with Gasteiger partial charge in [0.15, 0.2) is 0 Å². The third-order valence-electron chi connectivity index (χ3n) is 3.23. The summed E-state index contributed by atoms with van der Waals surface area (Å²) in [5, 5.41) is 0. The molecule has 1 aromatic carbocycles. The number of ether oxygens (including phenoxy) is 1. The summed E-state index contributed by atoms with van der Waals surface area (Å²) in [5.74, 6) is 0.947. The molecule has 26 heavy (non-hydrogen) atoms. The summed E-state index contributed by atoms with van der Waals surface area (Å²) in [6.07, 6.45) is 15.2. The van der Waals surface area contributed by atoms with Crippen LogP contribution in [0.4, 0.5) is 0 Å². The zero-order valence-corrected chi connectivity index (χ0v) is 16.7. The van der Waals surface area contributed by atoms with Crippen molar-refractivity contribution >= 4 is 10.4 Å². The van der Waals surface area contributed by atoms with E-state index in [9.17, 15) is 0 Å². The number of allylic oxidation sites excluding steroid dienone is 1. The zero-order chi connectivity index (χ0) is 18.1. The smallest absolute Gasteiger partial charge is 0.394 e. The Morgan fingerprint density at radius 1 is 0.885 bits per heavy atom. The van der Waals surface area contributed by atoms with Crippen molar-refractivity contribution in [1.29, 1.82) is 0 Å². The van der Waals surface area contributed by atoms with Gasteiger partial charge in [-0.1, -0.05) is 75.8 Å². The Morgan fingerprint density at radius 2 is 1.38 bits per heavy atom. The highest BCUT2D eigenvalue weighted by molar-refractivity contribution is 7.79. The average molecular weight is 393 g/mol. The van der Waals surface area contributed by atoms with E-state index in [1.807, 2.05) is 30.3 Å². The summed E-state index contributed by atoms with van der Waals surface area (Å²) >= 11 is 0. The van der Waals surface area contributed by atoms with Gasteiger partial charge in [-0.2, -0.15) is 8.42 Å². The molecule has 0 aromatic heterocycles. The molecule has 0 aliphatic rings. The second-order valence-electron chi connectivity index (χ2n) is 5.45. The van der Waals surface area contributed by atoms with Crippen molar-refractivity contribution in [2.75, 3.05) is 6.61 Å². The van der Waals surface area contributed by atoms with Crippen LogP contribution in [0.1, 0.15) is 58.3 Å². The van der Waals surface area contributed by atoms with Gasteiger partial charge >= 0.3 is 10.4 Å². The topological polar surface area (TPSA) is 154 Å². The molecule has 0 heterocycles. The molecule has 0 atom stereocenters. The van der Waals surface area contributed by atoms with Gasteiger partial charge in [0.1, 0.15) is 12.4 Å². The van der Waals surface area contributed by atoms with Gasteiger partial charge < -0.3 is 17.0 Å². The Bertz CT molecular complexity index is 514. The van der Waals surface area contributed by atoms with Crippen LogP contribution < -0.4 is 17.0 Å². The minimum absolute atomic E-state index is 0. The summed E-state index contributed by atoms with van der Waals surface area (Å²) in [4.78, 5) is 0. The van der Waals surface area contributed by atoms with E-state index in [1.54, 1.807) is 0 Å². The first-order chi connectivity index (χ1) is 11.4. The van der Waals surface area contributed by atoms with Crippen LogP contribution in [0.2, 0.25) is 0 Å². The van der Waals surface area contributed by atoms with Crippen LogP contribution in [0, 0.1) is 0 Å². The normalized spacial score (nSPS) is 10.3. The standard InChI is InChI=1S/C18H28O.2H3N.H2O4S/c1-2-3-4-5-6-7-8-9-10-14-17-19-18-15-12-11-13-16-18;;;1-5(2,3)4/h10-16H,2-9,17H2,1H3;2*1H3;(H2,1,2,3,4). The van der Waals surface area contributed by atoms with Crippen molar-refractivity contribution in [2.24, 2.45) is 0 Å². The fourth-order valence-corrected chi connectivity index (χ4v) is 2.07. The van der Waals surface area contributed by atoms with Crippen molar-refractivity contribution in [1.82, 2.24) is 12.3 Å². The van der Waals surface area contributed by atoms with Crippen LogP contribution >= 0.6 is 0 Å². The number of hydrogen-bond donors (Lipinski definition) is 4. The quantitative estimate of drug-likeness (QED) is 0.222. The lowest BCUT2D eigenvalue weighted by atomic mass is 10.1. The zero-order valence-electron chi connectivity index (χ0n) is 15.8. The molecular formula is C18H36N2O5S. The van der Waals surface area contributed by atoms with Gasteiger partial charge in [-0.3, -0.25) is 9.11 Å². The molecule has 0 unspecified atom stereocenters. The van der Waals surface area contributed by atoms with Crippen LogP contribution in [-0.4, -0.2) is 24.1 Å². The maximum Gasteiger partial charge on any atom is 0.394 e. The lowest BCUT2D eigenvalue weighted by Gasteiger charge is -2.01. The number of hydrogen-bond acceptors (Lipinski definition) is 5. The van der Waals surface area contributed by atoms with E-state index < -0.39 is 10.4 Å². The highest BCUT2D eigenvalue weighted by atomic mass is 32.3. The first-order valence-electron chi connectivity index (χ1n) is 8.46. The fraction of sp³-hybridized carbons (Fsp3) is 0.556. The molecule has 0 saturated heterocycles. The van der Waals surface area contributed by atoms with Crippen LogP contribution in [-0.2, 0) is 10.4 Å². The Balaban J connectivity index is -0.000000668. The van der Waals surface area contributed by atoms with Crippen molar-refractivity contribution in [3.63, 3.8) is 0 Å². The molecule has 0 fully saturated rings. The van der Waals surface area contributed by atoms with Gasteiger partial charge in [-0.15, -0.1) is 0 Å². The molecule has 0 radical (unpaired) electrons. The molecule has 1 rings (SSSR count). The van der Waals surface area contributed by atoms with Crippen LogP contribution in [0.3, 0.4) is 0 Å². The van der Waals surface area contributed by atoms with Crippen molar-refractivity contribution in [3.8, 4) is 5.75 Å². The Hall–Kier alpha value is -1.45. The Kier molecular flexibility index (Phi) is 22.4. The average Bonchev–Trinajstić information content (AvgIpc) is 2.52. The number of benzene rings is 1. The first kappa shape index (κ1) is 29.3. The third kappa shape index (κ3) is 27.4. The van der Waals surface area contributed by atoms with Crippen molar-refractivity contribution in [2.45, 2.75) is 58.3 Å². The predicted octanol–water partition coefficient (Wildman–Crippen LogP) is 5.43. The van der Waals surface area contributed by atoms with Crippen LogP contribution in [0.15, 0.2) is 42.5 Å². The molecule has 0 saturated carbocycles. The Morgan fingerprint density at radius 3 is 1.92 bits per heavy atom. The molecule has 0 bridgehead atoms. The van der Waals surface area contributed by atoms with E-state index in [2.05, 4.69) is 19.1 Å². The predicted molar refractivity (Wildman–Crippen MR) is 108 cm³/mol. The highest BCUT2D eigenvalue weighted by Gasteiger charge is 1.90. The maximum atomic E-state index is 8.74. The monoisotopic (exact) mass is 392 g/mol. The van der Waals surface area contributed by atoms with Crippen LogP contribution in [0.5, 0.6) is 5.75 Å². The van der Waals surface area contributed by atoms with Crippen molar-refractivity contribution in [3.05, 3.63) is 42.5 Å². The molecule has 1 aromatic rings. The van der Waals surface area contributed by atoms with E-state index in [0.29, 0.717) is 6.61 Å². The summed E-state index contributed by atoms with van der Waals surface area (Å²) in [6, 6.07) is 9.98. The van der Waals surface area contributed by atoms with E-state index in [1.165, 1.54) is 51.4 Å². The maximum absolute atomic E-state index is 8.74. The van der Waals surface area contributed by atoms with Gasteiger partial charge in [-0.05, 0) is 25.0 Å². The number of rotatable bonds is 11. The number of para-hydroxylation sites is 1. The lowest BCUT2D eigenvalue weighted by molar-refractivity contribution is 0.362. The second-order valence-corrected chi connectivity index (χ2v) is 6.35. The SMILES string of the molecule is CCCCCCCCCC=CCOc1ccccc1.N.N.O=S(=O)(O)O. The highest BCUT2D eigenvalue weighted by Crippen LogP contribution is 2.09. The van der Waals surface area contributed by atoms with E-state index >= 15 is 0 Å². The van der Waals surface area contributed by atoms with E-state index in [-0.39, 0.29) is 12.3 Å². The summed E-state index contributed by atoms with van der Waals surface area (Å²) in [5.41, 5.74) is 0. The molecule has 0 aliphatic heterocycles. The lowest BCUT2D eigenvalue weighted by Crippen LogP contribution is -1.92. The van der Waals surface area contributed by atoms with Gasteiger partial charge in [0.25, 0.3) is 0 Å². The molecule has 8 N–H and O–H groups in total. The van der Waals surface area contributed by atoms with Gasteiger partial charge in [0, 0.05) is 0 Å². The minimum atomic E-state index is -4.67. The van der Waals surface area contributed by atoms with Gasteiger partial charge in [0.05, 0.1) is 0 Å². The van der Waals surface area contributed by atoms with E-state index in [0.717, 1.165) is 5.75 Å². The summed E-state index contributed by atoms with van der Waals surface area (Å²) in [6.45, 7) is 2.95. The fourth-order valence-electron chi connectivity index (χ4n) is 2.07. The molecule has 154 valence electrons. The van der Waals surface area contributed by atoms with Gasteiger partial charge in [-0.25, -0.2) is 0 Å². The number of unbranched alkanes of at least 4 members (excludes halogenated alkanes) is 7. The van der Waals surface area contributed by atoms with E-state index in [4.69, 9.17) is 22.3 Å². The molecule has 0 aliphatic carbocycles. The molecule has 0 amide bonds. The second kappa shape index (κ2) is 19.9. The molecule has 8 heteroatoms.